The van der Waals surface area contributed by atoms with Gasteiger partial charge in [0.1, 0.15) is 5.82 Å². The summed E-state index contributed by atoms with van der Waals surface area (Å²) in [7, 11) is 1.86. The van der Waals surface area contributed by atoms with Crippen LogP contribution in [0.4, 0.5) is 5.82 Å². The zero-order valence-corrected chi connectivity index (χ0v) is 21.4. The Bertz CT molecular complexity index is 634. The van der Waals surface area contributed by atoms with Crippen LogP contribution in [0.3, 0.4) is 0 Å². The van der Waals surface area contributed by atoms with E-state index in [1.165, 1.54) is 63.7 Å². The summed E-state index contributed by atoms with van der Waals surface area (Å²) in [5.41, 5.74) is 1.26. The highest BCUT2D eigenvalue weighted by Crippen LogP contribution is 2.18. The fourth-order valence-electron chi connectivity index (χ4n) is 4.39. The van der Waals surface area contributed by atoms with Gasteiger partial charge in [-0.25, -0.2) is 4.98 Å². The third-order valence-corrected chi connectivity index (χ3v) is 5.98. The molecule has 0 aromatic carbocycles. The molecule has 0 radical (unpaired) electrons. The van der Waals surface area contributed by atoms with E-state index in [4.69, 9.17) is 0 Å². The molecule has 2 fully saturated rings. The lowest BCUT2D eigenvalue weighted by atomic mass is 10.0. The predicted octanol–water partition coefficient (Wildman–Crippen LogP) is 3.87. The van der Waals surface area contributed by atoms with Gasteiger partial charge in [-0.3, -0.25) is 4.99 Å². The van der Waals surface area contributed by atoms with Crippen molar-refractivity contribution in [1.82, 2.24) is 20.5 Å². The number of likely N-dealkylation sites (tertiary alicyclic amines) is 1. The zero-order chi connectivity index (χ0) is 20.5. The van der Waals surface area contributed by atoms with Gasteiger partial charge in [-0.15, -0.1) is 24.0 Å². The summed E-state index contributed by atoms with van der Waals surface area (Å²) in [6.07, 6.45) is 9.54. The Kier molecular flexibility index (Phi) is 11.2. The standard InChI is InChI=1S/C23H40N6.HI/c1-19(2)18-28-14-9-21(10-15-28)27-23(24-3)26-17-20-8-11-25-22(16-20)29-12-6-4-5-7-13-29;/h8,11,16,19,21H,4-7,9-10,12-15,17-18H2,1-3H3,(H2,24,26,27);1H. The topological polar surface area (TPSA) is 55.8 Å². The quantitative estimate of drug-likeness (QED) is 0.334. The van der Waals surface area contributed by atoms with E-state index in [2.05, 4.69) is 56.4 Å². The van der Waals surface area contributed by atoms with Gasteiger partial charge in [-0.05, 0) is 49.3 Å². The van der Waals surface area contributed by atoms with Crippen molar-refractivity contribution in [3.63, 3.8) is 0 Å². The molecule has 2 saturated heterocycles. The van der Waals surface area contributed by atoms with E-state index in [-0.39, 0.29) is 24.0 Å². The summed E-state index contributed by atoms with van der Waals surface area (Å²) < 4.78 is 0. The normalized spacial score (nSPS) is 19.3. The molecule has 3 rings (SSSR count). The van der Waals surface area contributed by atoms with Crippen LogP contribution in [0, 0.1) is 5.92 Å². The molecular formula is C23H41IN6. The van der Waals surface area contributed by atoms with Crippen LogP contribution in [0.2, 0.25) is 0 Å². The third kappa shape index (κ3) is 8.21. The molecule has 2 N–H and O–H groups in total. The molecule has 2 aliphatic rings. The molecule has 0 spiro atoms. The van der Waals surface area contributed by atoms with Crippen molar-refractivity contribution < 1.29 is 0 Å². The van der Waals surface area contributed by atoms with Gasteiger partial charge < -0.3 is 20.4 Å². The second kappa shape index (κ2) is 13.3. The average molecular weight is 529 g/mol. The SMILES string of the molecule is CN=C(NCc1ccnc(N2CCCCCC2)c1)NC1CCN(CC(C)C)CC1.I. The number of hydrogen-bond acceptors (Lipinski definition) is 4. The fourth-order valence-corrected chi connectivity index (χ4v) is 4.39. The molecule has 30 heavy (non-hydrogen) atoms. The van der Waals surface area contributed by atoms with Crippen LogP contribution >= 0.6 is 24.0 Å². The van der Waals surface area contributed by atoms with E-state index < -0.39 is 0 Å². The summed E-state index contributed by atoms with van der Waals surface area (Å²) in [6.45, 7) is 11.2. The lowest BCUT2D eigenvalue weighted by molar-refractivity contribution is 0.187. The maximum atomic E-state index is 4.62. The Morgan fingerprint density at radius 1 is 1.13 bits per heavy atom. The van der Waals surface area contributed by atoms with Crippen LogP contribution < -0.4 is 15.5 Å². The summed E-state index contributed by atoms with van der Waals surface area (Å²) >= 11 is 0. The molecule has 0 amide bonds. The van der Waals surface area contributed by atoms with Gasteiger partial charge in [-0.2, -0.15) is 0 Å². The van der Waals surface area contributed by atoms with Crippen molar-refractivity contribution in [1.29, 1.82) is 0 Å². The molecule has 3 heterocycles. The number of nitrogens with zero attached hydrogens (tertiary/aromatic N) is 4. The first-order valence-electron chi connectivity index (χ1n) is 11.5. The first-order chi connectivity index (χ1) is 14.1. The van der Waals surface area contributed by atoms with E-state index >= 15 is 0 Å². The molecule has 6 nitrogen and oxygen atoms in total. The molecule has 0 saturated carbocycles. The molecule has 170 valence electrons. The number of piperidine rings is 1. The third-order valence-electron chi connectivity index (χ3n) is 5.98. The van der Waals surface area contributed by atoms with Gasteiger partial charge in [0.25, 0.3) is 0 Å². The number of anilines is 1. The number of aliphatic imine (C=N–C) groups is 1. The first-order valence-corrected chi connectivity index (χ1v) is 11.5. The van der Waals surface area contributed by atoms with Crippen molar-refractivity contribution in [2.45, 2.75) is 65.0 Å². The monoisotopic (exact) mass is 528 g/mol. The molecule has 1 aromatic rings. The number of aromatic nitrogens is 1. The summed E-state index contributed by atoms with van der Waals surface area (Å²) in [5, 5.41) is 7.12. The minimum Gasteiger partial charge on any atom is -0.357 e. The van der Waals surface area contributed by atoms with Crippen molar-refractivity contribution in [2.75, 3.05) is 44.7 Å². The van der Waals surface area contributed by atoms with Gasteiger partial charge in [0, 0.05) is 58.6 Å². The van der Waals surface area contributed by atoms with Crippen molar-refractivity contribution in [3.8, 4) is 0 Å². The number of guanidine groups is 1. The Balaban J connectivity index is 0.00000320. The lowest BCUT2D eigenvalue weighted by Gasteiger charge is -2.34. The first kappa shape index (κ1) is 25.2. The van der Waals surface area contributed by atoms with Crippen molar-refractivity contribution in [3.05, 3.63) is 23.9 Å². The minimum absolute atomic E-state index is 0. The Morgan fingerprint density at radius 2 is 1.83 bits per heavy atom. The second-order valence-corrected chi connectivity index (χ2v) is 8.96. The van der Waals surface area contributed by atoms with Crippen LogP contribution in [-0.2, 0) is 6.54 Å². The Morgan fingerprint density at radius 3 is 2.47 bits per heavy atom. The van der Waals surface area contributed by atoms with E-state index in [9.17, 15) is 0 Å². The Labute approximate surface area is 200 Å². The Hall–Kier alpha value is -1.09. The number of halogens is 1. The smallest absolute Gasteiger partial charge is 0.191 e. The molecule has 1 aromatic heterocycles. The summed E-state index contributed by atoms with van der Waals surface area (Å²) in [6, 6.07) is 4.84. The van der Waals surface area contributed by atoms with Crippen LogP contribution in [0.5, 0.6) is 0 Å². The number of rotatable bonds is 6. The van der Waals surface area contributed by atoms with Gasteiger partial charge in [0.2, 0.25) is 0 Å². The number of pyridine rings is 1. The minimum atomic E-state index is 0. The molecule has 0 atom stereocenters. The number of hydrogen-bond donors (Lipinski definition) is 2. The zero-order valence-electron chi connectivity index (χ0n) is 19.1. The highest BCUT2D eigenvalue weighted by Gasteiger charge is 2.20. The maximum absolute atomic E-state index is 4.62. The van der Waals surface area contributed by atoms with Crippen LogP contribution in [0.1, 0.15) is 57.9 Å². The second-order valence-electron chi connectivity index (χ2n) is 8.96. The van der Waals surface area contributed by atoms with Crippen LogP contribution in [0.15, 0.2) is 23.3 Å². The number of nitrogens with one attached hydrogen (secondary N) is 2. The van der Waals surface area contributed by atoms with Gasteiger partial charge >= 0.3 is 0 Å². The maximum Gasteiger partial charge on any atom is 0.191 e. The summed E-state index contributed by atoms with van der Waals surface area (Å²) in [4.78, 5) is 14.1. The van der Waals surface area contributed by atoms with E-state index in [0.717, 1.165) is 37.3 Å². The highest BCUT2D eigenvalue weighted by molar-refractivity contribution is 14.0. The van der Waals surface area contributed by atoms with Crippen LogP contribution in [-0.4, -0.2) is 61.7 Å². The van der Waals surface area contributed by atoms with Crippen molar-refractivity contribution in [2.24, 2.45) is 10.9 Å². The largest absolute Gasteiger partial charge is 0.357 e. The van der Waals surface area contributed by atoms with E-state index in [0.29, 0.717) is 6.04 Å². The molecule has 2 aliphatic heterocycles. The van der Waals surface area contributed by atoms with E-state index in [1.807, 2.05) is 13.2 Å². The molecular weight excluding hydrogens is 487 g/mol. The van der Waals surface area contributed by atoms with Gasteiger partial charge in [0.05, 0.1) is 0 Å². The van der Waals surface area contributed by atoms with Gasteiger partial charge in [0.15, 0.2) is 5.96 Å². The van der Waals surface area contributed by atoms with E-state index in [1.54, 1.807) is 0 Å². The summed E-state index contributed by atoms with van der Waals surface area (Å²) in [5.74, 6) is 2.76. The molecule has 0 bridgehead atoms. The highest BCUT2D eigenvalue weighted by atomic mass is 127. The predicted molar refractivity (Wildman–Crippen MR) is 138 cm³/mol. The van der Waals surface area contributed by atoms with Crippen molar-refractivity contribution >= 4 is 35.8 Å². The lowest BCUT2D eigenvalue weighted by Crippen LogP contribution is -2.49. The van der Waals surface area contributed by atoms with Gasteiger partial charge in [-0.1, -0.05) is 26.7 Å². The van der Waals surface area contributed by atoms with Crippen LogP contribution in [0.25, 0.3) is 0 Å². The molecule has 0 unspecified atom stereocenters. The molecule has 7 heteroatoms. The fraction of sp³-hybridized carbons (Fsp3) is 0.739. The average Bonchev–Trinajstić information content (AvgIpc) is 3.02. The molecule has 0 aliphatic carbocycles.